The molecule has 1 aliphatic heterocycles. The Balaban J connectivity index is 1.85. The summed E-state index contributed by atoms with van der Waals surface area (Å²) in [6, 6.07) is 11.3. The van der Waals surface area contributed by atoms with E-state index in [0.29, 0.717) is 18.9 Å². The second-order valence-corrected chi connectivity index (χ2v) is 7.87. The van der Waals surface area contributed by atoms with Gasteiger partial charge in [-0.3, -0.25) is 9.78 Å². The number of amides is 1. The number of pyridine rings is 1. The third kappa shape index (κ3) is 3.92. The van der Waals surface area contributed by atoms with E-state index < -0.39 is 15.9 Å². The molecule has 138 valence electrons. The minimum atomic E-state index is -3.76. The number of carbonyl (C=O) groups is 1. The molecular weight excluding hydrogens is 354 g/mol. The van der Waals surface area contributed by atoms with Crippen molar-refractivity contribution in [3.8, 4) is 0 Å². The van der Waals surface area contributed by atoms with E-state index in [1.165, 1.54) is 16.4 Å². The van der Waals surface area contributed by atoms with E-state index in [-0.39, 0.29) is 29.6 Å². The lowest BCUT2D eigenvalue weighted by Gasteiger charge is -2.27. The van der Waals surface area contributed by atoms with E-state index in [1.807, 2.05) is 6.07 Å². The lowest BCUT2D eigenvalue weighted by Crippen LogP contribution is -2.41. The van der Waals surface area contributed by atoms with Crippen molar-refractivity contribution >= 4 is 15.9 Å². The van der Waals surface area contributed by atoms with E-state index >= 15 is 0 Å². The maximum atomic E-state index is 12.9. The summed E-state index contributed by atoms with van der Waals surface area (Å²) < 4.78 is 32.5. The van der Waals surface area contributed by atoms with E-state index in [0.717, 1.165) is 0 Å². The first-order chi connectivity index (χ1) is 12.5. The number of ether oxygens (including phenoxy) is 1. The van der Waals surface area contributed by atoms with Crippen molar-refractivity contribution in [2.45, 2.75) is 17.9 Å². The smallest absolute Gasteiger partial charge is 0.253 e. The molecule has 2 heterocycles. The maximum absolute atomic E-state index is 12.9. The van der Waals surface area contributed by atoms with Crippen LogP contribution in [-0.4, -0.2) is 49.9 Å². The number of nitrogens with zero attached hydrogens (tertiary/aromatic N) is 2. The fourth-order valence-electron chi connectivity index (χ4n) is 2.79. The predicted octanol–water partition coefficient (Wildman–Crippen LogP) is 1.59. The molecule has 1 unspecified atom stereocenters. The molecule has 1 fully saturated rings. The molecule has 1 saturated heterocycles. The Bertz CT molecular complexity index is 865. The fraction of sp³-hybridized carbons (Fsp3) is 0.333. The summed E-state index contributed by atoms with van der Waals surface area (Å²) in [4.78, 5) is 17.0. The molecule has 1 atom stereocenters. The minimum Gasteiger partial charge on any atom is -0.379 e. The highest BCUT2D eigenvalue weighted by Gasteiger charge is 2.30. The third-order valence-electron chi connectivity index (χ3n) is 4.20. The topological polar surface area (TPSA) is 88.6 Å². The SMILES string of the molecule is CC(NC(=O)c1ccccc1S(=O)(=O)N1CCOCC1)c1ccccn1. The van der Waals surface area contributed by atoms with Crippen molar-refractivity contribution in [1.82, 2.24) is 14.6 Å². The maximum Gasteiger partial charge on any atom is 0.253 e. The molecular formula is C18H21N3O4S. The van der Waals surface area contributed by atoms with Gasteiger partial charge in [0.05, 0.1) is 35.4 Å². The molecule has 8 heteroatoms. The molecule has 7 nitrogen and oxygen atoms in total. The Morgan fingerprint density at radius 3 is 2.54 bits per heavy atom. The molecule has 2 aromatic rings. The highest BCUT2D eigenvalue weighted by Crippen LogP contribution is 2.22. The van der Waals surface area contributed by atoms with Gasteiger partial charge in [-0.1, -0.05) is 18.2 Å². The number of rotatable bonds is 5. The fourth-order valence-corrected chi connectivity index (χ4v) is 4.38. The first kappa shape index (κ1) is 18.5. The van der Waals surface area contributed by atoms with E-state index in [2.05, 4.69) is 10.3 Å². The zero-order valence-corrected chi connectivity index (χ0v) is 15.3. The normalized spacial score (nSPS) is 16.8. The molecule has 1 N–H and O–H groups in total. The summed E-state index contributed by atoms with van der Waals surface area (Å²) in [7, 11) is -3.76. The molecule has 0 saturated carbocycles. The Labute approximate surface area is 153 Å². The molecule has 26 heavy (non-hydrogen) atoms. The zero-order valence-electron chi connectivity index (χ0n) is 14.5. The number of benzene rings is 1. The largest absolute Gasteiger partial charge is 0.379 e. The van der Waals surface area contributed by atoms with Gasteiger partial charge in [0.25, 0.3) is 5.91 Å². The van der Waals surface area contributed by atoms with Crippen LogP contribution in [0.3, 0.4) is 0 Å². The van der Waals surface area contributed by atoms with Crippen molar-refractivity contribution in [3.05, 3.63) is 59.9 Å². The van der Waals surface area contributed by atoms with Gasteiger partial charge in [0.1, 0.15) is 0 Å². The number of sulfonamides is 1. The monoisotopic (exact) mass is 375 g/mol. The van der Waals surface area contributed by atoms with Crippen LogP contribution < -0.4 is 5.32 Å². The van der Waals surface area contributed by atoms with Crippen molar-refractivity contribution in [2.75, 3.05) is 26.3 Å². The second kappa shape index (κ2) is 7.94. The third-order valence-corrected chi connectivity index (χ3v) is 6.16. The molecule has 1 aliphatic rings. The number of morpholine rings is 1. The van der Waals surface area contributed by atoms with Gasteiger partial charge < -0.3 is 10.1 Å². The lowest BCUT2D eigenvalue weighted by atomic mass is 10.1. The highest BCUT2D eigenvalue weighted by atomic mass is 32.2. The molecule has 0 aliphatic carbocycles. The van der Waals surface area contributed by atoms with Crippen molar-refractivity contribution < 1.29 is 17.9 Å². The van der Waals surface area contributed by atoms with Gasteiger partial charge in [-0.2, -0.15) is 4.31 Å². The summed E-state index contributed by atoms with van der Waals surface area (Å²) in [5.41, 5.74) is 0.830. The van der Waals surface area contributed by atoms with Gasteiger partial charge in [0, 0.05) is 19.3 Å². The van der Waals surface area contributed by atoms with Gasteiger partial charge in [-0.15, -0.1) is 0 Å². The van der Waals surface area contributed by atoms with Crippen molar-refractivity contribution in [3.63, 3.8) is 0 Å². The molecule has 1 aromatic heterocycles. The summed E-state index contributed by atoms with van der Waals surface area (Å²) in [5.74, 6) is -0.449. The van der Waals surface area contributed by atoms with Gasteiger partial charge in [0.15, 0.2) is 0 Å². The first-order valence-corrected chi connectivity index (χ1v) is 9.83. The number of aromatic nitrogens is 1. The van der Waals surface area contributed by atoms with Crippen LogP contribution in [0.15, 0.2) is 53.6 Å². The molecule has 1 amide bonds. The lowest BCUT2D eigenvalue weighted by molar-refractivity contribution is 0.0729. The Hall–Kier alpha value is -2.29. The average molecular weight is 375 g/mol. The summed E-state index contributed by atoms with van der Waals surface area (Å²) >= 11 is 0. The Kier molecular flexibility index (Phi) is 5.65. The van der Waals surface area contributed by atoms with Crippen molar-refractivity contribution in [2.24, 2.45) is 0 Å². The zero-order chi connectivity index (χ0) is 18.6. The van der Waals surface area contributed by atoms with Crippen molar-refractivity contribution in [1.29, 1.82) is 0 Å². The Morgan fingerprint density at radius 1 is 1.15 bits per heavy atom. The van der Waals surface area contributed by atoms with Crippen LogP contribution in [-0.2, 0) is 14.8 Å². The van der Waals surface area contributed by atoms with Gasteiger partial charge >= 0.3 is 0 Å². The van der Waals surface area contributed by atoms with Crippen LogP contribution in [0.25, 0.3) is 0 Å². The van der Waals surface area contributed by atoms with Crippen LogP contribution in [0.2, 0.25) is 0 Å². The van der Waals surface area contributed by atoms with E-state index in [4.69, 9.17) is 4.74 Å². The quantitative estimate of drug-likeness (QED) is 0.857. The summed E-state index contributed by atoms with van der Waals surface area (Å²) in [6.45, 7) is 3.07. The summed E-state index contributed by atoms with van der Waals surface area (Å²) in [5, 5.41) is 2.82. The van der Waals surface area contributed by atoms with Gasteiger partial charge in [-0.25, -0.2) is 8.42 Å². The first-order valence-electron chi connectivity index (χ1n) is 8.39. The Morgan fingerprint density at radius 2 is 1.85 bits per heavy atom. The van der Waals surface area contributed by atoms with E-state index in [1.54, 1.807) is 37.4 Å². The van der Waals surface area contributed by atoms with Gasteiger partial charge in [0.2, 0.25) is 10.0 Å². The number of hydrogen-bond donors (Lipinski definition) is 1. The van der Waals surface area contributed by atoms with Crippen LogP contribution >= 0.6 is 0 Å². The van der Waals surface area contributed by atoms with Crippen LogP contribution in [0.1, 0.15) is 29.0 Å². The number of carbonyl (C=O) groups excluding carboxylic acids is 1. The number of nitrogens with one attached hydrogen (secondary N) is 1. The molecule has 0 bridgehead atoms. The summed E-state index contributed by atoms with van der Waals surface area (Å²) in [6.07, 6.45) is 1.65. The number of hydrogen-bond acceptors (Lipinski definition) is 5. The highest BCUT2D eigenvalue weighted by molar-refractivity contribution is 7.89. The minimum absolute atomic E-state index is 0.00706. The molecule has 1 aromatic carbocycles. The van der Waals surface area contributed by atoms with Crippen LogP contribution in [0, 0.1) is 0 Å². The van der Waals surface area contributed by atoms with Gasteiger partial charge in [-0.05, 0) is 31.2 Å². The van der Waals surface area contributed by atoms with Crippen LogP contribution in [0.4, 0.5) is 0 Å². The molecule has 0 spiro atoms. The standard InChI is InChI=1S/C18H21N3O4S/c1-14(16-7-4-5-9-19-16)20-18(22)15-6-2-3-8-17(15)26(23,24)21-10-12-25-13-11-21/h2-9,14H,10-13H2,1H3,(H,20,22). The average Bonchev–Trinajstić information content (AvgIpc) is 2.69. The predicted molar refractivity (Wildman–Crippen MR) is 96.1 cm³/mol. The second-order valence-electron chi connectivity index (χ2n) is 5.96. The van der Waals surface area contributed by atoms with Crippen LogP contribution in [0.5, 0.6) is 0 Å². The van der Waals surface area contributed by atoms with E-state index in [9.17, 15) is 13.2 Å². The molecule has 3 rings (SSSR count). The molecule has 0 radical (unpaired) electrons.